The molecule has 6 nitrogen and oxygen atoms in total. The van der Waals surface area contributed by atoms with Crippen LogP contribution in [0.4, 0.5) is 11.5 Å². The van der Waals surface area contributed by atoms with E-state index in [4.69, 9.17) is 0 Å². The maximum Gasteiger partial charge on any atom is 0.287 e. The Bertz CT molecular complexity index is 402. The van der Waals surface area contributed by atoms with E-state index < -0.39 is 10.5 Å². The molecule has 1 fully saturated rings. The quantitative estimate of drug-likeness (QED) is 0.596. The highest BCUT2D eigenvalue weighted by Gasteiger charge is 2.31. The van der Waals surface area contributed by atoms with Crippen molar-refractivity contribution < 1.29 is 10.0 Å². The first-order valence-electron chi connectivity index (χ1n) is 5.06. The average molecular weight is 223 g/mol. The first-order chi connectivity index (χ1) is 7.48. The van der Waals surface area contributed by atoms with Crippen molar-refractivity contribution in [2.24, 2.45) is 0 Å². The number of hydrogen-bond donors (Lipinski definition) is 1. The third-order valence-electron chi connectivity index (χ3n) is 2.72. The summed E-state index contributed by atoms with van der Waals surface area (Å²) in [6.07, 6.45) is 1.92. The molecule has 0 saturated carbocycles. The van der Waals surface area contributed by atoms with Crippen molar-refractivity contribution >= 4 is 11.5 Å². The van der Waals surface area contributed by atoms with Crippen LogP contribution in [0.15, 0.2) is 18.3 Å². The van der Waals surface area contributed by atoms with Gasteiger partial charge in [0.1, 0.15) is 12.0 Å². The maximum atomic E-state index is 10.4. The van der Waals surface area contributed by atoms with Crippen LogP contribution in [-0.2, 0) is 0 Å². The van der Waals surface area contributed by atoms with Gasteiger partial charge in [-0.1, -0.05) is 0 Å². The van der Waals surface area contributed by atoms with Crippen molar-refractivity contribution in [1.82, 2.24) is 4.98 Å². The Morgan fingerprint density at radius 1 is 1.62 bits per heavy atom. The summed E-state index contributed by atoms with van der Waals surface area (Å²) in [4.78, 5) is 15.9. The molecule has 1 N–H and O–H groups in total. The largest absolute Gasteiger partial charge is 0.388 e. The van der Waals surface area contributed by atoms with E-state index in [1.54, 1.807) is 13.0 Å². The van der Waals surface area contributed by atoms with Crippen LogP contribution in [0.1, 0.15) is 13.3 Å². The molecule has 0 bridgehead atoms. The van der Waals surface area contributed by atoms with Gasteiger partial charge in [-0.2, -0.15) is 0 Å². The van der Waals surface area contributed by atoms with Gasteiger partial charge in [-0.05, 0) is 19.4 Å². The summed E-state index contributed by atoms with van der Waals surface area (Å²) in [5.41, 5.74) is -0.710. The van der Waals surface area contributed by atoms with Crippen LogP contribution in [0.25, 0.3) is 0 Å². The monoisotopic (exact) mass is 223 g/mol. The van der Waals surface area contributed by atoms with E-state index in [9.17, 15) is 15.2 Å². The number of nitro groups is 1. The lowest BCUT2D eigenvalue weighted by Crippen LogP contribution is -2.29. The lowest BCUT2D eigenvalue weighted by atomic mass is 10.1. The van der Waals surface area contributed by atoms with Gasteiger partial charge in [-0.15, -0.1) is 0 Å². The fourth-order valence-corrected chi connectivity index (χ4v) is 1.81. The van der Waals surface area contributed by atoms with Gasteiger partial charge in [0.05, 0.1) is 10.5 Å². The molecule has 6 heteroatoms. The Labute approximate surface area is 92.7 Å². The van der Waals surface area contributed by atoms with E-state index in [-0.39, 0.29) is 5.69 Å². The molecule has 0 aliphatic carbocycles. The van der Waals surface area contributed by atoms with Gasteiger partial charge in [-0.25, -0.2) is 4.98 Å². The topological polar surface area (TPSA) is 79.5 Å². The van der Waals surface area contributed by atoms with E-state index in [1.165, 1.54) is 12.3 Å². The predicted molar refractivity (Wildman–Crippen MR) is 58.3 cm³/mol. The smallest absolute Gasteiger partial charge is 0.287 e. The first kappa shape index (κ1) is 10.8. The minimum Gasteiger partial charge on any atom is -0.388 e. The van der Waals surface area contributed by atoms with Crippen molar-refractivity contribution in [3.8, 4) is 0 Å². The normalized spacial score (nSPS) is 24.8. The lowest BCUT2D eigenvalue weighted by molar-refractivity contribution is -0.385. The summed E-state index contributed by atoms with van der Waals surface area (Å²) >= 11 is 0. The molecule has 0 aromatic carbocycles. The summed E-state index contributed by atoms with van der Waals surface area (Å²) in [7, 11) is 0. The molecule has 1 aliphatic heterocycles. The number of rotatable bonds is 2. The molecular weight excluding hydrogens is 210 g/mol. The molecule has 1 aliphatic rings. The minimum atomic E-state index is -0.691. The van der Waals surface area contributed by atoms with Gasteiger partial charge in [0.2, 0.25) is 0 Å². The van der Waals surface area contributed by atoms with E-state index in [2.05, 4.69) is 4.98 Å². The number of aromatic nitrogens is 1. The Kier molecular flexibility index (Phi) is 2.51. The molecule has 1 saturated heterocycles. The molecule has 1 aromatic heterocycles. The van der Waals surface area contributed by atoms with Crippen molar-refractivity contribution in [3.05, 3.63) is 28.4 Å². The number of hydrogen-bond acceptors (Lipinski definition) is 5. The summed E-state index contributed by atoms with van der Waals surface area (Å²) < 4.78 is 0. The molecule has 2 rings (SSSR count). The Morgan fingerprint density at radius 2 is 2.38 bits per heavy atom. The Morgan fingerprint density at radius 3 is 2.81 bits per heavy atom. The van der Waals surface area contributed by atoms with Gasteiger partial charge in [0.15, 0.2) is 0 Å². The number of aliphatic hydroxyl groups is 1. The van der Waals surface area contributed by atoms with Crippen LogP contribution in [0.3, 0.4) is 0 Å². The van der Waals surface area contributed by atoms with Gasteiger partial charge in [0, 0.05) is 19.2 Å². The van der Waals surface area contributed by atoms with Gasteiger partial charge in [-0.3, -0.25) is 10.1 Å². The third kappa shape index (κ3) is 2.11. The van der Waals surface area contributed by atoms with Crippen LogP contribution in [0, 0.1) is 10.1 Å². The molecule has 1 aromatic rings. The second-order valence-electron chi connectivity index (χ2n) is 4.30. The second-order valence-corrected chi connectivity index (χ2v) is 4.30. The Hall–Kier alpha value is -1.69. The molecule has 1 unspecified atom stereocenters. The molecule has 16 heavy (non-hydrogen) atoms. The highest BCUT2D eigenvalue weighted by molar-refractivity contribution is 5.44. The van der Waals surface area contributed by atoms with Gasteiger partial charge >= 0.3 is 0 Å². The van der Waals surface area contributed by atoms with Crippen LogP contribution >= 0.6 is 0 Å². The highest BCUT2D eigenvalue weighted by atomic mass is 16.6. The number of anilines is 1. The average Bonchev–Trinajstić information content (AvgIpc) is 2.59. The van der Waals surface area contributed by atoms with E-state index in [1.807, 2.05) is 4.90 Å². The number of nitrogens with zero attached hydrogens (tertiary/aromatic N) is 3. The molecule has 0 spiro atoms. The second kappa shape index (κ2) is 3.71. The van der Waals surface area contributed by atoms with Crippen LogP contribution in [0.2, 0.25) is 0 Å². The molecular formula is C10H13N3O3. The molecule has 0 radical (unpaired) electrons. The van der Waals surface area contributed by atoms with Crippen molar-refractivity contribution in [2.45, 2.75) is 18.9 Å². The molecule has 0 amide bonds. The fraction of sp³-hybridized carbons (Fsp3) is 0.500. The van der Waals surface area contributed by atoms with E-state index in [0.717, 1.165) is 6.54 Å². The van der Waals surface area contributed by atoms with Crippen molar-refractivity contribution in [2.75, 3.05) is 18.0 Å². The lowest BCUT2D eigenvalue weighted by Gasteiger charge is -2.19. The molecule has 2 heterocycles. The SMILES string of the molecule is CC1(O)CCN(c2ccc([N+](=O)[O-])cn2)C1. The van der Waals surface area contributed by atoms with Gasteiger partial charge < -0.3 is 10.0 Å². The van der Waals surface area contributed by atoms with Crippen molar-refractivity contribution in [1.29, 1.82) is 0 Å². The van der Waals surface area contributed by atoms with E-state index in [0.29, 0.717) is 18.8 Å². The molecule has 1 atom stereocenters. The van der Waals surface area contributed by atoms with Crippen molar-refractivity contribution in [3.63, 3.8) is 0 Å². The zero-order valence-electron chi connectivity index (χ0n) is 8.96. The summed E-state index contributed by atoms with van der Waals surface area (Å²) in [5, 5.41) is 20.2. The first-order valence-corrected chi connectivity index (χ1v) is 5.06. The van der Waals surface area contributed by atoms with Crippen LogP contribution < -0.4 is 4.90 Å². The predicted octanol–water partition coefficient (Wildman–Crippen LogP) is 0.951. The minimum absolute atomic E-state index is 0.0188. The van der Waals surface area contributed by atoms with Gasteiger partial charge in [0.25, 0.3) is 5.69 Å². The van der Waals surface area contributed by atoms with Crippen LogP contribution in [-0.4, -0.2) is 33.7 Å². The fourth-order valence-electron chi connectivity index (χ4n) is 1.81. The standard InChI is InChI=1S/C10H13N3O3/c1-10(14)4-5-12(7-10)9-3-2-8(6-11-9)13(15)16/h2-3,6,14H,4-5,7H2,1H3. The number of β-amino-alcohol motifs (C(OH)–C–C–N with tert-alkyl or cyclic N) is 1. The number of pyridine rings is 1. The van der Waals surface area contributed by atoms with Crippen LogP contribution in [0.5, 0.6) is 0 Å². The maximum absolute atomic E-state index is 10.4. The summed E-state index contributed by atoms with van der Waals surface area (Å²) in [5.74, 6) is 0.670. The van der Waals surface area contributed by atoms with E-state index >= 15 is 0 Å². The summed E-state index contributed by atoms with van der Waals surface area (Å²) in [6, 6.07) is 3.04. The third-order valence-corrected chi connectivity index (χ3v) is 2.72. The highest BCUT2D eigenvalue weighted by Crippen LogP contribution is 2.25. The molecule has 86 valence electrons. The zero-order valence-corrected chi connectivity index (χ0v) is 8.96. The zero-order chi connectivity index (χ0) is 11.8. The summed E-state index contributed by atoms with van der Waals surface area (Å²) in [6.45, 7) is 3.01. The Balaban J connectivity index is 2.14.